The van der Waals surface area contributed by atoms with Gasteiger partial charge in [0.15, 0.2) is 0 Å². The van der Waals surface area contributed by atoms with Crippen LogP contribution in [0.5, 0.6) is 0 Å². The Morgan fingerprint density at radius 2 is 1.78 bits per heavy atom. The maximum atomic E-state index is 12.5. The van der Waals surface area contributed by atoms with E-state index in [0.29, 0.717) is 12.0 Å². The molecule has 0 amide bonds. The van der Waals surface area contributed by atoms with Crippen molar-refractivity contribution in [2.45, 2.75) is 37.6 Å². The van der Waals surface area contributed by atoms with Gasteiger partial charge in [0.2, 0.25) is 0 Å². The van der Waals surface area contributed by atoms with E-state index in [1.54, 1.807) is 17.8 Å². The summed E-state index contributed by atoms with van der Waals surface area (Å²) >= 11 is 0. The molecule has 1 saturated carbocycles. The predicted molar refractivity (Wildman–Crippen MR) is 96.0 cm³/mol. The Labute approximate surface area is 142 Å². The number of pyridine rings is 1. The maximum Gasteiger partial charge on any atom is 0.259 e. The van der Waals surface area contributed by atoms with Gasteiger partial charge in [-0.05, 0) is 30.5 Å². The van der Waals surface area contributed by atoms with Crippen molar-refractivity contribution in [2.24, 2.45) is 12.0 Å². The number of hydrogen-bond acceptors (Lipinski definition) is 2. The average Bonchev–Trinajstić information content (AvgIpc) is 2.57. The van der Waals surface area contributed by atoms with Crippen LogP contribution >= 0.6 is 12.4 Å². The van der Waals surface area contributed by atoms with Crippen LogP contribution in [0.1, 0.15) is 48.3 Å². The Balaban J connectivity index is 0.00000156. The monoisotopic (exact) mass is 328 g/mol. The molecule has 2 aromatic rings. The van der Waals surface area contributed by atoms with Crippen molar-refractivity contribution in [3.05, 3.63) is 69.6 Å². The van der Waals surface area contributed by atoms with E-state index in [1.807, 2.05) is 18.2 Å². The van der Waals surface area contributed by atoms with Crippen molar-refractivity contribution in [1.82, 2.24) is 4.57 Å². The van der Waals surface area contributed by atoms with Crippen LogP contribution in [0.3, 0.4) is 0 Å². The molecule has 4 heteroatoms. The summed E-state index contributed by atoms with van der Waals surface area (Å²) in [5, 5.41) is 0. The van der Waals surface area contributed by atoms with Gasteiger partial charge in [0.1, 0.15) is 0 Å². The number of hydrogen-bond donors (Lipinski definition) is 0. The standard InChI is InChI=1S/C19H20N2O.ClH/c1-21-12-6-10-16(19(21)22)18-15-9-3-2-7-13(15)14-8-4-5-11-17(14)20-18;/h2-3,6-7,9-10,12,14,17H,4-5,8,11H2,1H3;1H. The van der Waals surface area contributed by atoms with Crippen molar-refractivity contribution in [2.75, 3.05) is 0 Å². The third-order valence-corrected chi connectivity index (χ3v) is 5.02. The van der Waals surface area contributed by atoms with Gasteiger partial charge in [-0.1, -0.05) is 37.1 Å². The Morgan fingerprint density at radius 3 is 2.65 bits per heavy atom. The van der Waals surface area contributed by atoms with Crippen LogP contribution in [-0.4, -0.2) is 16.3 Å². The summed E-state index contributed by atoms with van der Waals surface area (Å²) in [6, 6.07) is 12.7. The van der Waals surface area contributed by atoms with E-state index in [-0.39, 0.29) is 18.0 Å². The van der Waals surface area contributed by atoms with Crippen molar-refractivity contribution in [3.8, 4) is 0 Å². The van der Waals surface area contributed by atoms with E-state index >= 15 is 0 Å². The highest BCUT2D eigenvalue weighted by Crippen LogP contribution is 2.40. The summed E-state index contributed by atoms with van der Waals surface area (Å²) in [5.41, 5.74) is 4.17. The molecule has 2 atom stereocenters. The van der Waals surface area contributed by atoms with Crippen LogP contribution in [0.4, 0.5) is 0 Å². The maximum absolute atomic E-state index is 12.5. The zero-order valence-corrected chi connectivity index (χ0v) is 14.1. The van der Waals surface area contributed by atoms with E-state index in [4.69, 9.17) is 4.99 Å². The molecule has 23 heavy (non-hydrogen) atoms. The van der Waals surface area contributed by atoms with E-state index in [2.05, 4.69) is 18.2 Å². The Morgan fingerprint density at radius 1 is 1.04 bits per heavy atom. The summed E-state index contributed by atoms with van der Waals surface area (Å²) in [4.78, 5) is 17.5. The summed E-state index contributed by atoms with van der Waals surface area (Å²) in [6.07, 6.45) is 6.67. The first-order chi connectivity index (χ1) is 10.8. The molecule has 2 aliphatic rings. The van der Waals surface area contributed by atoms with Crippen molar-refractivity contribution in [3.63, 3.8) is 0 Å². The quantitative estimate of drug-likeness (QED) is 0.786. The molecule has 1 aliphatic heterocycles. The fraction of sp³-hybridized carbons (Fsp3) is 0.368. The SMILES string of the molecule is Cl.Cn1cccc(C2=NC3CCCCC3c3ccccc32)c1=O. The van der Waals surface area contributed by atoms with Crippen LogP contribution in [0, 0.1) is 0 Å². The lowest BCUT2D eigenvalue weighted by Crippen LogP contribution is -2.32. The second-order valence-electron chi connectivity index (χ2n) is 6.36. The number of rotatable bonds is 1. The van der Waals surface area contributed by atoms with Crippen molar-refractivity contribution >= 4 is 18.1 Å². The second-order valence-corrected chi connectivity index (χ2v) is 6.36. The normalized spacial score (nSPS) is 22.4. The number of halogens is 1. The van der Waals surface area contributed by atoms with Gasteiger partial charge < -0.3 is 4.57 Å². The largest absolute Gasteiger partial charge is 0.318 e. The molecule has 0 spiro atoms. The molecular formula is C19H21ClN2O. The molecule has 4 rings (SSSR count). The molecule has 3 nitrogen and oxygen atoms in total. The molecule has 0 N–H and O–H groups in total. The number of aromatic nitrogens is 1. The number of fused-ring (bicyclic) bond motifs is 3. The van der Waals surface area contributed by atoms with Gasteiger partial charge in [-0.15, -0.1) is 12.4 Å². The fourth-order valence-electron chi connectivity index (χ4n) is 3.89. The number of benzene rings is 1. The zero-order valence-electron chi connectivity index (χ0n) is 13.2. The minimum atomic E-state index is 0. The fourth-order valence-corrected chi connectivity index (χ4v) is 3.89. The molecule has 0 saturated heterocycles. The third kappa shape index (κ3) is 2.63. The smallest absolute Gasteiger partial charge is 0.259 e. The van der Waals surface area contributed by atoms with Crippen LogP contribution in [0.2, 0.25) is 0 Å². The van der Waals surface area contributed by atoms with E-state index in [0.717, 1.165) is 23.3 Å². The molecule has 1 aromatic carbocycles. The van der Waals surface area contributed by atoms with Crippen LogP contribution in [0.25, 0.3) is 0 Å². The first-order valence-electron chi connectivity index (χ1n) is 8.09. The Kier molecular flexibility index (Phi) is 4.40. The molecular weight excluding hydrogens is 308 g/mol. The summed E-state index contributed by atoms with van der Waals surface area (Å²) in [6.45, 7) is 0. The Hall–Kier alpha value is -1.87. The van der Waals surface area contributed by atoms with Gasteiger partial charge in [-0.3, -0.25) is 9.79 Å². The van der Waals surface area contributed by atoms with Crippen LogP contribution in [-0.2, 0) is 7.05 Å². The van der Waals surface area contributed by atoms with Gasteiger partial charge in [0.25, 0.3) is 5.56 Å². The highest BCUT2D eigenvalue weighted by atomic mass is 35.5. The minimum Gasteiger partial charge on any atom is -0.318 e. The lowest BCUT2D eigenvalue weighted by atomic mass is 9.75. The highest BCUT2D eigenvalue weighted by Gasteiger charge is 2.33. The van der Waals surface area contributed by atoms with Crippen LogP contribution in [0.15, 0.2) is 52.4 Å². The number of nitrogens with zero attached hydrogens (tertiary/aromatic N) is 2. The second kappa shape index (κ2) is 6.32. The first kappa shape index (κ1) is 16.0. The highest BCUT2D eigenvalue weighted by molar-refractivity contribution is 6.14. The average molecular weight is 329 g/mol. The zero-order chi connectivity index (χ0) is 15.1. The topological polar surface area (TPSA) is 34.4 Å². The number of aliphatic imine (C=N–C) groups is 1. The third-order valence-electron chi connectivity index (χ3n) is 5.02. The molecule has 120 valence electrons. The lowest BCUT2D eigenvalue weighted by molar-refractivity contribution is 0.383. The summed E-state index contributed by atoms with van der Waals surface area (Å²) < 4.78 is 1.63. The Bertz CT molecular complexity index is 809. The molecule has 0 radical (unpaired) electrons. The molecule has 0 bridgehead atoms. The molecule has 2 unspecified atom stereocenters. The molecule has 1 fully saturated rings. The van der Waals surface area contributed by atoms with E-state index in [1.165, 1.54) is 24.8 Å². The minimum absolute atomic E-state index is 0. The number of aryl methyl sites for hydroxylation is 1. The van der Waals surface area contributed by atoms with Crippen molar-refractivity contribution in [1.29, 1.82) is 0 Å². The predicted octanol–water partition coefficient (Wildman–Crippen LogP) is 3.68. The first-order valence-corrected chi connectivity index (χ1v) is 8.09. The van der Waals surface area contributed by atoms with Crippen LogP contribution < -0.4 is 5.56 Å². The molecule has 1 aromatic heterocycles. The lowest BCUT2D eigenvalue weighted by Gasteiger charge is -2.35. The van der Waals surface area contributed by atoms with E-state index in [9.17, 15) is 4.79 Å². The van der Waals surface area contributed by atoms with Gasteiger partial charge in [-0.25, -0.2) is 0 Å². The van der Waals surface area contributed by atoms with Gasteiger partial charge >= 0.3 is 0 Å². The molecule has 1 aliphatic carbocycles. The van der Waals surface area contributed by atoms with E-state index < -0.39 is 0 Å². The van der Waals surface area contributed by atoms with Gasteiger partial charge in [-0.2, -0.15) is 0 Å². The molecule has 2 heterocycles. The summed E-state index contributed by atoms with van der Waals surface area (Å²) in [7, 11) is 1.80. The van der Waals surface area contributed by atoms with Gasteiger partial charge in [0, 0.05) is 24.7 Å². The van der Waals surface area contributed by atoms with Crippen molar-refractivity contribution < 1.29 is 0 Å². The summed E-state index contributed by atoms with van der Waals surface area (Å²) in [5.74, 6) is 0.529. The van der Waals surface area contributed by atoms with Gasteiger partial charge in [0.05, 0.1) is 17.3 Å².